The smallest absolute Gasteiger partial charge is 0.252 e. The van der Waals surface area contributed by atoms with Crippen molar-refractivity contribution in [3.05, 3.63) is 35.7 Å². The van der Waals surface area contributed by atoms with Crippen LogP contribution in [0.1, 0.15) is 23.6 Å². The third kappa shape index (κ3) is 2.62. The summed E-state index contributed by atoms with van der Waals surface area (Å²) < 4.78 is 1.43. The number of rotatable bonds is 3. The van der Waals surface area contributed by atoms with E-state index in [0.717, 1.165) is 16.8 Å². The highest BCUT2D eigenvalue weighted by molar-refractivity contribution is 6.00. The van der Waals surface area contributed by atoms with E-state index in [4.69, 9.17) is 0 Å². The van der Waals surface area contributed by atoms with Crippen molar-refractivity contribution in [1.82, 2.24) is 14.8 Å². The molecule has 21 heavy (non-hydrogen) atoms. The Balaban J connectivity index is 1.71. The van der Waals surface area contributed by atoms with Gasteiger partial charge in [0.25, 0.3) is 5.91 Å². The first kappa shape index (κ1) is 13.3. The van der Waals surface area contributed by atoms with Crippen molar-refractivity contribution in [2.45, 2.75) is 26.3 Å². The summed E-state index contributed by atoms with van der Waals surface area (Å²) in [4.78, 5) is 27.8. The van der Waals surface area contributed by atoms with Crippen molar-refractivity contribution in [3.8, 4) is 0 Å². The molecule has 7 nitrogen and oxygen atoms in total. The standard InChI is InChI=1S/C14H15N5O2/c1-8-3-9(2)5-10(4-8)17-12(20)6-11-13(21)18-14-15-7-16-19(11)14/h3-5,7,11H,6H2,1-2H3,(H,17,20)(H,15,16,18,21)/t11-/m0/s1. The van der Waals surface area contributed by atoms with Crippen LogP contribution in [0.2, 0.25) is 0 Å². The van der Waals surface area contributed by atoms with Gasteiger partial charge in [0.2, 0.25) is 11.9 Å². The minimum Gasteiger partial charge on any atom is -0.326 e. The summed E-state index contributed by atoms with van der Waals surface area (Å²) in [6.45, 7) is 3.93. The van der Waals surface area contributed by atoms with Crippen LogP contribution in [0.5, 0.6) is 0 Å². The number of nitrogens with one attached hydrogen (secondary N) is 2. The van der Waals surface area contributed by atoms with Crippen molar-refractivity contribution in [3.63, 3.8) is 0 Å². The summed E-state index contributed by atoms with van der Waals surface area (Å²) in [5, 5.41) is 9.36. The summed E-state index contributed by atoms with van der Waals surface area (Å²) in [6.07, 6.45) is 1.37. The van der Waals surface area contributed by atoms with Gasteiger partial charge in [0, 0.05) is 5.69 Å². The van der Waals surface area contributed by atoms with E-state index in [2.05, 4.69) is 20.7 Å². The molecule has 1 aromatic heterocycles. The van der Waals surface area contributed by atoms with E-state index in [1.54, 1.807) is 0 Å². The zero-order chi connectivity index (χ0) is 15.0. The second-order valence-corrected chi connectivity index (χ2v) is 5.16. The van der Waals surface area contributed by atoms with Crippen molar-refractivity contribution in [2.75, 3.05) is 10.6 Å². The van der Waals surface area contributed by atoms with Crippen LogP contribution in [0.15, 0.2) is 24.5 Å². The number of hydrogen-bond donors (Lipinski definition) is 2. The Kier molecular flexibility index (Phi) is 3.17. The van der Waals surface area contributed by atoms with Gasteiger partial charge in [0.1, 0.15) is 12.4 Å². The van der Waals surface area contributed by atoms with Crippen LogP contribution >= 0.6 is 0 Å². The molecule has 0 spiro atoms. The SMILES string of the molecule is Cc1cc(C)cc(NC(=O)C[C@H]2C(=O)Nc3ncnn32)c1. The van der Waals surface area contributed by atoms with Gasteiger partial charge in [-0.2, -0.15) is 10.1 Å². The first-order valence-electron chi connectivity index (χ1n) is 6.61. The second kappa shape index (κ2) is 5.01. The highest BCUT2D eigenvalue weighted by Gasteiger charge is 2.33. The van der Waals surface area contributed by atoms with E-state index in [1.807, 2.05) is 32.0 Å². The van der Waals surface area contributed by atoms with Gasteiger partial charge < -0.3 is 5.32 Å². The molecule has 1 aliphatic rings. The molecule has 0 saturated carbocycles. The molecule has 3 rings (SSSR count). The minimum absolute atomic E-state index is 0.0230. The number of benzene rings is 1. The van der Waals surface area contributed by atoms with Gasteiger partial charge >= 0.3 is 0 Å². The van der Waals surface area contributed by atoms with Crippen LogP contribution in [0.4, 0.5) is 11.6 Å². The molecule has 2 N–H and O–H groups in total. The lowest BCUT2D eigenvalue weighted by atomic mass is 10.1. The predicted octanol–water partition coefficient (Wildman–Crippen LogP) is 1.42. The number of nitrogens with zero attached hydrogens (tertiary/aromatic N) is 3. The topological polar surface area (TPSA) is 88.9 Å². The van der Waals surface area contributed by atoms with Gasteiger partial charge in [-0.25, -0.2) is 4.68 Å². The maximum absolute atomic E-state index is 12.1. The van der Waals surface area contributed by atoms with E-state index in [-0.39, 0.29) is 18.2 Å². The Morgan fingerprint density at radius 3 is 2.76 bits per heavy atom. The highest BCUT2D eigenvalue weighted by atomic mass is 16.2. The lowest BCUT2D eigenvalue weighted by molar-refractivity contribution is -0.123. The first-order chi connectivity index (χ1) is 10.0. The number of amides is 2. The summed E-state index contributed by atoms with van der Waals surface area (Å²) in [7, 11) is 0. The van der Waals surface area contributed by atoms with Crippen LogP contribution in [0.25, 0.3) is 0 Å². The third-order valence-corrected chi connectivity index (χ3v) is 3.29. The highest BCUT2D eigenvalue weighted by Crippen LogP contribution is 2.24. The number of aryl methyl sites for hydroxylation is 2. The van der Waals surface area contributed by atoms with Crippen LogP contribution in [0, 0.1) is 13.8 Å². The molecular formula is C14H15N5O2. The quantitative estimate of drug-likeness (QED) is 0.892. The molecule has 2 heterocycles. The first-order valence-corrected chi connectivity index (χ1v) is 6.61. The molecule has 0 unspecified atom stereocenters. The van der Waals surface area contributed by atoms with Crippen molar-refractivity contribution < 1.29 is 9.59 Å². The number of hydrogen-bond acceptors (Lipinski definition) is 4. The van der Waals surface area contributed by atoms with Crippen LogP contribution in [-0.4, -0.2) is 26.6 Å². The van der Waals surface area contributed by atoms with Gasteiger partial charge in [0.15, 0.2) is 0 Å². The van der Waals surface area contributed by atoms with Gasteiger partial charge in [-0.1, -0.05) is 6.07 Å². The number of carbonyl (C=O) groups is 2. The molecule has 1 aromatic carbocycles. The lowest BCUT2D eigenvalue weighted by Gasteiger charge is -2.10. The number of aromatic nitrogens is 3. The minimum atomic E-state index is -0.645. The van der Waals surface area contributed by atoms with Crippen LogP contribution < -0.4 is 10.6 Å². The van der Waals surface area contributed by atoms with Crippen molar-refractivity contribution in [2.24, 2.45) is 0 Å². The summed E-state index contributed by atoms with van der Waals surface area (Å²) >= 11 is 0. The lowest BCUT2D eigenvalue weighted by Crippen LogP contribution is -2.23. The Morgan fingerprint density at radius 2 is 2.05 bits per heavy atom. The van der Waals surface area contributed by atoms with E-state index < -0.39 is 6.04 Å². The molecule has 1 aliphatic heterocycles. The molecule has 2 aromatic rings. The molecule has 0 fully saturated rings. The fourth-order valence-corrected chi connectivity index (χ4v) is 2.49. The Hall–Kier alpha value is -2.70. The molecular weight excluding hydrogens is 270 g/mol. The monoisotopic (exact) mass is 285 g/mol. The summed E-state index contributed by atoms with van der Waals surface area (Å²) in [5.74, 6) is -0.117. The van der Waals surface area contributed by atoms with E-state index in [0.29, 0.717) is 5.95 Å². The molecule has 1 atom stereocenters. The van der Waals surface area contributed by atoms with Crippen LogP contribution in [0.3, 0.4) is 0 Å². The molecule has 2 amide bonds. The Morgan fingerprint density at radius 1 is 1.33 bits per heavy atom. The Bertz CT molecular complexity index is 702. The molecule has 0 bridgehead atoms. The maximum Gasteiger partial charge on any atom is 0.252 e. The van der Waals surface area contributed by atoms with E-state index in [9.17, 15) is 9.59 Å². The zero-order valence-corrected chi connectivity index (χ0v) is 11.8. The van der Waals surface area contributed by atoms with Crippen LogP contribution in [-0.2, 0) is 9.59 Å². The molecule has 108 valence electrons. The van der Waals surface area contributed by atoms with Gasteiger partial charge in [-0.3, -0.25) is 14.9 Å². The fraction of sp³-hybridized carbons (Fsp3) is 0.286. The molecule has 7 heteroatoms. The maximum atomic E-state index is 12.1. The Labute approximate surface area is 121 Å². The zero-order valence-electron chi connectivity index (χ0n) is 11.8. The molecule has 0 saturated heterocycles. The normalized spacial score (nSPS) is 16.5. The largest absolute Gasteiger partial charge is 0.326 e. The third-order valence-electron chi connectivity index (χ3n) is 3.29. The van der Waals surface area contributed by atoms with Gasteiger partial charge in [-0.15, -0.1) is 0 Å². The van der Waals surface area contributed by atoms with Gasteiger partial charge in [-0.05, 0) is 37.1 Å². The molecule has 0 radical (unpaired) electrons. The average molecular weight is 285 g/mol. The molecule has 0 aliphatic carbocycles. The number of anilines is 2. The van der Waals surface area contributed by atoms with Gasteiger partial charge in [0.05, 0.1) is 6.42 Å². The predicted molar refractivity (Wildman–Crippen MR) is 76.9 cm³/mol. The summed E-state index contributed by atoms with van der Waals surface area (Å²) in [6, 6.07) is 5.16. The van der Waals surface area contributed by atoms with E-state index in [1.165, 1.54) is 11.0 Å². The van der Waals surface area contributed by atoms with Crippen molar-refractivity contribution >= 4 is 23.5 Å². The summed E-state index contributed by atoms with van der Waals surface area (Å²) in [5.41, 5.74) is 2.87. The number of fused-ring (bicyclic) bond motifs is 1. The second-order valence-electron chi connectivity index (χ2n) is 5.16. The van der Waals surface area contributed by atoms with E-state index >= 15 is 0 Å². The van der Waals surface area contributed by atoms with Crippen molar-refractivity contribution in [1.29, 1.82) is 0 Å². The average Bonchev–Trinajstić information content (AvgIpc) is 2.91. The fourth-order valence-electron chi connectivity index (χ4n) is 2.49. The number of carbonyl (C=O) groups excluding carboxylic acids is 2.